The first-order valence-corrected chi connectivity index (χ1v) is 15.0. The van der Waals surface area contributed by atoms with E-state index in [9.17, 15) is 4.79 Å². The maximum atomic E-state index is 12.7. The van der Waals surface area contributed by atoms with Gasteiger partial charge in [0, 0.05) is 68.3 Å². The molecule has 0 aliphatic carbocycles. The lowest BCUT2D eigenvalue weighted by molar-refractivity contribution is 0.0101. The van der Waals surface area contributed by atoms with Crippen molar-refractivity contribution in [2.45, 2.75) is 13.0 Å². The Hall–Kier alpha value is -4.54. The molecule has 3 heterocycles. The number of amides is 2. The molecule has 6 rings (SSSR count). The monoisotopic (exact) mass is 597 g/mol. The van der Waals surface area contributed by atoms with Gasteiger partial charge in [0.2, 0.25) is 0 Å². The van der Waals surface area contributed by atoms with Crippen LogP contribution in [0.5, 0.6) is 17.2 Å². The lowest BCUT2D eigenvalue weighted by Crippen LogP contribution is -2.50. The molecule has 1 fully saturated rings. The SMILES string of the molecule is COc1ccc(NC(=O)Nc2ccc3c(c2)OCC2C3=NOC2CN2CCN(C/C(C)=C/c3ccccc3)CC2)cc1OC. The molecule has 3 aromatic rings. The van der Waals surface area contributed by atoms with E-state index in [1.54, 1.807) is 32.4 Å². The number of nitrogens with one attached hydrogen (secondary N) is 2. The maximum Gasteiger partial charge on any atom is 0.323 e. The molecule has 2 N–H and O–H groups in total. The van der Waals surface area contributed by atoms with Gasteiger partial charge in [0.05, 0.1) is 20.1 Å². The van der Waals surface area contributed by atoms with E-state index in [1.165, 1.54) is 11.1 Å². The molecular formula is C34H39N5O5. The summed E-state index contributed by atoms with van der Waals surface area (Å²) >= 11 is 0. The molecule has 230 valence electrons. The topological polar surface area (TPSA) is 96.9 Å². The summed E-state index contributed by atoms with van der Waals surface area (Å²) in [6.45, 7) is 8.55. The number of carbonyl (C=O) groups is 1. The summed E-state index contributed by atoms with van der Waals surface area (Å²) in [6.07, 6.45) is 2.22. The molecule has 3 aliphatic heterocycles. The van der Waals surface area contributed by atoms with Crippen LogP contribution >= 0.6 is 0 Å². The smallest absolute Gasteiger partial charge is 0.323 e. The number of fused-ring (bicyclic) bond motifs is 3. The van der Waals surface area contributed by atoms with Crippen molar-refractivity contribution in [3.8, 4) is 17.2 Å². The lowest BCUT2D eigenvalue weighted by atomic mass is 9.90. The summed E-state index contributed by atoms with van der Waals surface area (Å²) in [4.78, 5) is 23.6. The van der Waals surface area contributed by atoms with Crippen LogP contribution in [-0.2, 0) is 4.84 Å². The van der Waals surface area contributed by atoms with Crippen molar-refractivity contribution >= 4 is 29.2 Å². The molecule has 44 heavy (non-hydrogen) atoms. The summed E-state index contributed by atoms with van der Waals surface area (Å²) in [7, 11) is 3.12. The molecular weight excluding hydrogens is 558 g/mol. The average Bonchev–Trinajstić information content (AvgIpc) is 3.45. The normalized spacial score (nSPS) is 20.0. The van der Waals surface area contributed by atoms with Gasteiger partial charge in [-0.15, -0.1) is 0 Å². The highest BCUT2D eigenvalue weighted by Gasteiger charge is 2.41. The maximum absolute atomic E-state index is 12.7. The Kier molecular flexibility index (Phi) is 8.99. The minimum atomic E-state index is -0.380. The molecule has 3 aliphatic rings. The zero-order valence-corrected chi connectivity index (χ0v) is 25.4. The molecule has 1 saturated heterocycles. The van der Waals surface area contributed by atoms with Crippen molar-refractivity contribution < 1.29 is 23.8 Å². The number of oxime groups is 1. The van der Waals surface area contributed by atoms with Crippen molar-refractivity contribution in [1.29, 1.82) is 0 Å². The van der Waals surface area contributed by atoms with Crippen LogP contribution in [0.1, 0.15) is 18.1 Å². The van der Waals surface area contributed by atoms with E-state index in [0.29, 0.717) is 35.2 Å². The molecule has 2 atom stereocenters. The van der Waals surface area contributed by atoms with E-state index in [1.807, 2.05) is 24.3 Å². The molecule has 10 heteroatoms. The fraction of sp³-hybridized carbons (Fsp3) is 0.353. The van der Waals surface area contributed by atoms with Crippen molar-refractivity contribution in [3.05, 3.63) is 83.4 Å². The Morgan fingerprint density at radius 2 is 1.64 bits per heavy atom. The largest absolute Gasteiger partial charge is 0.493 e. The second kappa shape index (κ2) is 13.4. The third-order valence-corrected chi connectivity index (χ3v) is 8.25. The summed E-state index contributed by atoms with van der Waals surface area (Å²) in [5.74, 6) is 1.87. The number of piperazine rings is 1. The van der Waals surface area contributed by atoms with Gasteiger partial charge in [0.25, 0.3) is 0 Å². The molecule has 0 spiro atoms. The third-order valence-electron chi connectivity index (χ3n) is 8.25. The summed E-state index contributed by atoms with van der Waals surface area (Å²) < 4.78 is 16.7. The van der Waals surface area contributed by atoms with E-state index in [0.717, 1.165) is 50.5 Å². The molecule has 2 amide bonds. The van der Waals surface area contributed by atoms with E-state index in [4.69, 9.17) is 19.0 Å². The summed E-state index contributed by atoms with van der Waals surface area (Å²) in [6, 6.07) is 20.9. The molecule has 0 saturated carbocycles. The predicted octanol–water partition coefficient (Wildman–Crippen LogP) is 5.18. The van der Waals surface area contributed by atoms with Crippen molar-refractivity contribution in [2.24, 2.45) is 11.1 Å². The number of hydrogen-bond donors (Lipinski definition) is 2. The Morgan fingerprint density at radius 1 is 0.932 bits per heavy atom. The van der Waals surface area contributed by atoms with E-state index in [-0.39, 0.29) is 18.1 Å². The highest BCUT2D eigenvalue weighted by Crippen LogP contribution is 2.36. The van der Waals surface area contributed by atoms with Gasteiger partial charge < -0.3 is 29.7 Å². The molecule has 10 nitrogen and oxygen atoms in total. The minimum absolute atomic E-state index is 0.0468. The van der Waals surface area contributed by atoms with E-state index in [2.05, 4.69) is 62.9 Å². The average molecular weight is 598 g/mol. The van der Waals surface area contributed by atoms with Crippen LogP contribution in [0.25, 0.3) is 6.08 Å². The quantitative estimate of drug-likeness (QED) is 0.351. The molecule has 0 radical (unpaired) electrons. The third kappa shape index (κ3) is 6.82. The van der Waals surface area contributed by atoms with Crippen molar-refractivity contribution in [3.63, 3.8) is 0 Å². The van der Waals surface area contributed by atoms with Gasteiger partial charge in [0.15, 0.2) is 17.6 Å². The number of anilines is 2. The molecule has 0 bridgehead atoms. The zero-order valence-electron chi connectivity index (χ0n) is 25.4. The van der Waals surface area contributed by atoms with Crippen LogP contribution in [0, 0.1) is 5.92 Å². The van der Waals surface area contributed by atoms with Crippen LogP contribution in [-0.4, -0.2) is 87.7 Å². The van der Waals surface area contributed by atoms with Crippen LogP contribution in [0.2, 0.25) is 0 Å². The minimum Gasteiger partial charge on any atom is -0.493 e. The first kappa shape index (κ1) is 29.5. The van der Waals surface area contributed by atoms with Gasteiger partial charge >= 0.3 is 6.03 Å². The van der Waals surface area contributed by atoms with Gasteiger partial charge in [0.1, 0.15) is 18.1 Å². The number of carbonyl (C=O) groups excluding carboxylic acids is 1. The van der Waals surface area contributed by atoms with Gasteiger partial charge in [-0.25, -0.2) is 4.79 Å². The number of methoxy groups -OCH3 is 2. The highest BCUT2D eigenvalue weighted by molar-refractivity contribution is 6.07. The first-order chi connectivity index (χ1) is 21.5. The standard InChI is InChI=1S/C34H39N5O5/c1-23(17-24-7-5-4-6-8-24)20-38-13-15-39(16-14-38)21-32-28-22-43-30-18-25(9-11-27(30)33(28)37-44-32)35-34(40)36-26-10-12-29(41-2)31(19-26)42-3/h4-12,17-19,28,32H,13-16,20-22H2,1-3H3,(H2,35,36,40)/b23-17+. The van der Waals surface area contributed by atoms with Gasteiger partial charge in [-0.2, -0.15) is 0 Å². The second-order valence-corrected chi connectivity index (χ2v) is 11.4. The number of ether oxygens (including phenoxy) is 3. The first-order valence-electron chi connectivity index (χ1n) is 15.0. The van der Waals surface area contributed by atoms with Crippen LogP contribution < -0.4 is 24.8 Å². The van der Waals surface area contributed by atoms with Crippen molar-refractivity contribution in [2.75, 3.05) is 70.7 Å². The Bertz CT molecular complexity index is 1530. The van der Waals surface area contributed by atoms with Crippen LogP contribution in [0.15, 0.2) is 77.5 Å². The Morgan fingerprint density at radius 3 is 2.39 bits per heavy atom. The summed E-state index contributed by atoms with van der Waals surface area (Å²) in [5, 5.41) is 10.2. The Balaban J connectivity index is 0.994. The zero-order chi connectivity index (χ0) is 30.5. The van der Waals surface area contributed by atoms with Gasteiger partial charge in [-0.3, -0.25) is 9.80 Å². The van der Waals surface area contributed by atoms with Crippen LogP contribution in [0.3, 0.4) is 0 Å². The van der Waals surface area contributed by atoms with Gasteiger partial charge in [-0.05, 0) is 36.8 Å². The molecule has 0 aromatic heterocycles. The number of urea groups is 1. The molecule has 2 unspecified atom stereocenters. The number of benzene rings is 3. The number of nitrogens with zero attached hydrogens (tertiary/aromatic N) is 3. The second-order valence-electron chi connectivity index (χ2n) is 11.4. The van der Waals surface area contributed by atoms with E-state index < -0.39 is 0 Å². The van der Waals surface area contributed by atoms with Gasteiger partial charge in [-0.1, -0.05) is 47.1 Å². The molecule has 3 aromatic carbocycles. The van der Waals surface area contributed by atoms with Crippen LogP contribution in [0.4, 0.5) is 16.2 Å². The van der Waals surface area contributed by atoms with Crippen molar-refractivity contribution in [1.82, 2.24) is 9.80 Å². The highest BCUT2D eigenvalue weighted by atomic mass is 16.6. The number of rotatable bonds is 9. The number of hydrogen-bond acceptors (Lipinski definition) is 8. The lowest BCUT2D eigenvalue weighted by Gasteiger charge is -2.36. The fourth-order valence-electron chi connectivity index (χ4n) is 5.97. The fourth-order valence-corrected chi connectivity index (χ4v) is 5.97. The van der Waals surface area contributed by atoms with E-state index >= 15 is 0 Å². The summed E-state index contributed by atoms with van der Waals surface area (Å²) in [5.41, 5.74) is 5.63. The Labute approximate surface area is 258 Å². The predicted molar refractivity (Wildman–Crippen MR) is 172 cm³/mol.